The second-order valence-corrected chi connectivity index (χ2v) is 17.9. The van der Waals surface area contributed by atoms with E-state index in [0.717, 1.165) is 13.8 Å². The maximum Gasteiger partial charge on any atom is 0.338 e. The average Bonchev–Trinajstić information content (AvgIpc) is 3.24. The molecule has 3 fully saturated rings. The molecule has 1 saturated heterocycles. The Bertz CT molecular complexity index is 2340. The molecule has 0 radical (unpaired) electrons. The number of esters is 4. The number of rotatable bonds is 10. The SMILES string of the molecule is CC(=O)O[C@H]1C(=O)[C@@]2(C)C(C(OC(=O)c3ccccc3)[C@]3(O)C[C@H](OC(=O)[C@H](O)[C@@H](NC(=O)c4ccccc4)c4ccc(Cl)cc4)C(C)=C1C3(C)C)[C@]1(OC(C)=O)CO[C@@H]1C[C@@H]2O. The molecule has 1 amide bonds. The molecule has 1 aliphatic heterocycles. The molecule has 4 aliphatic rings. The molecule has 2 bridgehead atoms. The fourth-order valence-electron chi connectivity index (χ4n) is 10.2. The van der Waals surface area contributed by atoms with Gasteiger partial charge in [-0.1, -0.05) is 74.0 Å². The Morgan fingerprint density at radius 1 is 0.857 bits per heavy atom. The van der Waals surface area contributed by atoms with Crippen LogP contribution in [0.25, 0.3) is 0 Å². The van der Waals surface area contributed by atoms with E-state index in [4.69, 9.17) is 35.3 Å². The molecule has 2 saturated carbocycles. The Morgan fingerprint density at radius 2 is 1.46 bits per heavy atom. The normalized spacial score (nSPS) is 31.6. The molecule has 2 unspecified atom stereocenters. The van der Waals surface area contributed by atoms with Crippen LogP contribution >= 0.6 is 11.6 Å². The van der Waals surface area contributed by atoms with Crippen LogP contribution in [-0.2, 0) is 42.9 Å². The van der Waals surface area contributed by atoms with Gasteiger partial charge in [0.1, 0.15) is 23.9 Å². The summed E-state index contributed by atoms with van der Waals surface area (Å²) in [5.74, 6) is -6.95. The van der Waals surface area contributed by atoms with Crippen LogP contribution in [0, 0.1) is 16.7 Å². The number of halogens is 1. The first kappa shape index (κ1) is 45.6. The summed E-state index contributed by atoms with van der Waals surface area (Å²) >= 11 is 6.16. The van der Waals surface area contributed by atoms with E-state index in [0.29, 0.717) is 5.02 Å². The Morgan fingerprint density at radius 3 is 2.02 bits per heavy atom. The van der Waals surface area contributed by atoms with Crippen molar-refractivity contribution in [3.63, 3.8) is 0 Å². The van der Waals surface area contributed by atoms with Gasteiger partial charge in [-0.25, -0.2) is 9.59 Å². The van der Waals surface area contributed by atoms with Gasteiger partial charge >= 0.3 is 23.9 Å². The van der Waals surface area contributed by atoms with Crippen LogP contribution < -0.4 is 5.32 Å². The van der Waals surface area contributed by atoms with Crippen molar-refractivity contribution >= 4 is 47.2 Å². The van der Waals surface area contributed by atoms with E-state index < -0.39 is 113 Å². The third kappa shape index (κ3) is 7.73. The molecule has 334 valence electrons. The van der Waals surface area contributed by atoms with E-state index in [1.807, 2.05) is 0 Å². The van der Waals surface area contributed by atoms with Crippen molar-refractivity contribution in [3.8, 4) is 0 Å². The summed E-state index contributed by atoms with van der Waals surface area (Å²) in [4.78, 5) is 83.6. The predicted octanol–water partition coefficient (Wildman–Crippen LogP) is 4.39. The van der Waals surface area contributed by atoms with Gasteiger partial charge in [-0.2, -0.15) is 0 Å². The largest absolute Gasteiger partial charge is 0.456 e. The molecule has 3 aliphatic carbocycles. The summed E-state index contributed by atoms with van der Waals surface area (Å²) in [6.45, 7) is 7.92. The first-order valence-corrected chi connectivity index (χ1v) is 21.0. The lowest BCUT2D eigenvalue weighted by Gasteiger charge is -2.67. The molecular weight excluding hydrogens is 838 g/mol. The minimum Gasteiger partial charge on any atom is -0.456 e. The van der Waals surface area contributed by atoms with E-state index in [9.17, 15) is 39.3 Å². The molecule has 7 rings (SSSR count). The highest BCUT2D eigenvalue weighted by Crippen LogP contribution is 2.64. The first-order chi connectivity index (χ1) is 29.7. The number of nitrogens with one attached hydrogen (secondary N) is 1. The first-order valence-electron chi connectivity index (χ1n) is 20.6. The zero-order chi connectivity index (χ0) is 45.8. The zero-order valence-electron chi connectivity index (χ0n) is 35.5. The highest BCUT2D eigenvalue weighted by molar-refractivity contribution is 6.30. The van der Waals surface area contributed by atoms with Crippen molar-refractivity contribution in [3.05, 3.63) is 118 Å². The number of carbonyl (C=O) groups is 6. The van der Waals surface area contributed by atoms with Gasteiger partial charge in [0, 0.05) is 42.7 Å². The second-order valence-electron chi connectivity index (χ2n) is 17.5. The minimum absolute atomic E-state index is 0.0171. The number of benzene rings is 3. The Balaban J connectivity index is 1.39. The topological polar surface area (TPSA) is 221 Å². The number of ether oxygens (including phenoxy) is 5. The van der Waals surface area contributed by atoms with Crippen LogP contribution in [0.2, 0.25) is 5.02 Å². The van der Waals surface area contributed by atoms with Crippen LogP contribution in [0.3, 0.4) is 0 Å². The van der Waals surface area contributed by atoms with E-state index >= 15 is 4.79 Å². The fraction of sp³-hybridized carbons (Fsp3) is 0.447. The summed E-state index contributed by atoms with van der Waals surface area (Å²) in [5.41, 5.74) is -7.21. The van der Waals surface area contributed by atoms with Crippen molar-refractivity contribution in [2.45, 2.75) is 108 Å². The molecule has 3 aromatic rings. The Hall–Kier alpha value is -5.45. The summed E-state index contributed by atoms with van der Waals surface area (Å²) < 4.78 is 30.3. The number of hydrogen-bond acceptors (Lipinski definition) is 14. The minimum atomic E-state index is -2.41. The fourth-order valence-corrected chi connectivity index (χ4v) is 10.3. The quantitative estimate of drug-likeness (QED) is 0.126. The molecule has 0 spiro atoms. The van der Waals surface area contributed by atoms with Crippen LogP contribution in [0.15, 0.2) is 96.1 Å². The number of Topliss-reactive ketones (excluding diaryl/α,β-unsaturated/α-hetero) is 1. The lowest BCUT2D eigenvalue weighted by Crippen LogP contribution is -2.82. The smallest absolute Gasteiger partial charge is 0.338 e. The number of hydrogen-bond donors (Lipinski definition) is 4. The molecular formula is C47H50ClNO14. The average molecular weight is 888 g/mol. The summed E-state index contributed by atoms with van der Waals surface area (Å²) in [6.07, 6.45) is -10.7. The number of amides is 1. The molecule has 4 N–H and O–H groups in total. The van der Waals surface area contributed by atoms with Crippen LogP contribution in [0.1, 0.15) is 86.7 Å². The number of aliphatic hydroxyl groups excluding tert-OH is 2. The molecule has 3 aromatic carbocycles. The maximum absolute atomic E-state index is 15.5. The van der Waals surface area contributed by atoms with Crippen molar-refractivity contribution in [1.82, 2.24) is 5.32 Å². The third-order valence-corrected chi connectivity index (χ3v) is 13.8. The van der Waals surface area contributed by atoms with Gasteiger partial charge in [0.15, 0.2) is 23.6 Å². The van der Waals surface area contributed by atoms with Crippen LogP contribution in [0.5, 0.6) is 0 Å². The maximum atomic E-state index is 15.5. The van der Waals surface area contributed by atoms with Crippen molar-refractivity contribution in [2.24, 2.45) is 16.7 Å². The standard InChI is InChI=1S/C47H50ClNO14/c1-24-31(61-43(57)36(53)35(27-17-19-30(48)20-18-27)49-41(55)28-13-9-7-10-14-28)22-47(58)40(62-42(56)29-15-11-8-12-16-29)38-45(6,32(52)21-33-46(38,23-59-33)63-26(3)51)39(54)37(60-25(2)50)34(24)44(47,4)5/h7-20,31-33,35-38,40,52-53,58H,21-23H2,1-6H3,(H,49,55)/t31-,32-,33+,35-,36+,37+,38?,40?,45+,46-,47+/m0/s1. The van der Waals surface area contributed by atoms with E-state index in [1.54, 1.807) is 62.4 Å². The van der Waals surface area contributed by atoms with Gasteiger partial charge in [-0.3, -0.25) is 19.2 Å². The van der Waals surface area contributed by atoms with Crippen molar-refractivity contribution in [2.75, 3.05) is 6.61 Å². The molecule has 15 nitrogen and oxygen atoms in total. The van der Waals surface area contributed by atoms with Gasteiger partial charge in [0.05, 0.1) is 35.6 Å². The highest BCUT2D eigenvalue weighted by Gasteiger charge is 2.78. The summed E-state index contributed by atoms with van der Waals surface area (Å²) in [5, 5.41) is 40.6. The van der Waals surface area contributed by atoms with Gasteiger partial charge in [0.25, 0.3) is 5.91 Å². The molecule has 63 heavy (non-hydrogen) atoms. The van der Waals surface area contributed by atoms with E-state index in [1.165, 1.54) is 50.2 Å². The van der Waals surface area contributed by atoms with Crippen molar-refractivity contribution < 1.29 is 67.8 Å². The van der Waals surface area contributed by atoms with Gasteiger partial charge in [0.2, 0.25) is 0 Å². The molecule has 1 heterocycles. The number of aliphatic hydroxyl groups is 3. The summed E-state index contributed by atoms with van der Waals surface area (Å²) in [6, 6.07) is 20.6. The zero-order valence-corrected chi connectivity index (χ0v) is 36.3. The molecule has 16 heteroatoms. The monoisotopic (exact) mass is 887 g/mol. The van der Waals surface area contributed by atoms with E-state index in [2.05, 4.69) is 5.32 Å². The van der Waals surface area contributed by atoms with Crippen LogP contribution in [0.4, 0.5) is 0 Å². The van der Waals surface area contributed by atoms with Gasteiger partial charge in [-0.05, 0) is 67.0 Å². The van der Waals surface area contributed by atoms with Crippen LogP contribution in [-0.4, -0.2) is 105 Å². The lowest BCUT2D eigenvalue weighted by atomic mass is 9.44. The number of fused-ring (bicyclic) bond motifs is 5. The van der Waals surface area contributed by atoms with Gasteiger partial charge in [-0.15, -0.1) is 0 Å². The third-order valence-electron chi connectivity index (χ3n) is 13.6. The highest BCUT2D eigenvalue weighted by atomic mass is 35.5. The molecule has 0 aromatic heterocycles. The van der Waals surface area contributed by atoms with Crippen molar-refractivity contribution in [1.29, 1.82) is 0 Å². The molecule has 11 atom stereocenters. The summed E-state index contributed by atoms with van der Waals surface area (Å²) in [7, 11) is 0. The second kappa shape index (κ2) is 16.9. The predicted molar refractivity (Wildman–Crippen MR) is 223 cm³/mol. The van der Waals surface area contributed by atoms with E-state index in [-0.39, 0.29) is 40.9 Å². The number of carbonyl (C=O) groups excluding carboxylic acids is 6. The number of ketones is 1. The lowest BCUT2D eigenvalue weighted by molar-refractivity contribution is -0.346. The Kier molecular flexibility index (Phi) is 12.2. The Labute approximate surface area is 368 Å². The van der Waals surface area contributed by atoms with Gasteiger partial charge < -0.3 is 44.3 Å².